The topological polar surface area (TPSA) is 0 Å². The number of hydrogen-bond acceptors (Lipinski definition) is 0. The van der Waals surface area contributed by atoms with Crippen LogP contribution in [0.1, 0.15) is 6.42 Å². The first-order valence-electron chi connectivity index (χ1n) is 1.69. The Labute approximate surface area is 67.2 Å². The van der Waals surface area contributed by atoms with Crippen LogP contribution in [0.15, 0.2) is 0 Å². The van der Waals surface area contributed by atoms with Crippen LogP contribution in [0.2, 0.25) is 0 Å². The van der Waals surface area contributed by atoms with Gasteiger partial charge in [-0.2, -0.15) is 0 Å². The van der Waals surface area contributed by atoms with Gasteiger partial charge in [0, 0.05) is 11.8 Å². The maximum Gasteiger partial charge on any atom is 0.219 e. The second kappa shape index (κ2) is 3.41. The molecule has 0 spiro atoms. The lowest BCUT2D eigenvalue weighted by atomic mass is 10.6. The molecule has 0 saturated carbocycles. The molecule has 0 atom stereocenters. The monoisotopic (exact) mass is 296 g/mol. The maximum absolute atomic E-state index is 12.2. The summed E-state index contributed by atoms with van der Waals surface area (Å²) >= 11 is 8.60. The van der Waals surface area contributed by atoms with Crippen LogP contribution in [0.5, 0.6) is 0 Å². The molecule has 0 radical (unpaired) electrons. The lowest BCUT2D eigenvalue weighted by molar-refractivity contribution is 0.423. The summed E-state index contributed by atoms with van der Waals surface area (Å²) in [6, 6.07) is 0. The second-order valence-corrected chi connectivity index (χ2v) is 5.43. The van der Waals surface area contributed by atoms with E-state index in [0.717, 1.165) is 0 Å². The van der Waals surface area contributed by atoms with E-state index < -0.39 is 3.49 Å². The molecule has 0 nitrogen and oxygen atoms in total. The van der Waals surface area contributed by atoms with E-state index in [9.17, 15) is 4.39 Å². The Bertz CT molecular complexity index is 48.6. The molecule has 0 unspecified atom stereocenters. The van der Waals surface area contributed by atoms with Crippen molar-refractivity contribution in [3.63, 3.8) is 0 Å². The SMILES string of the molecule is FC(Br)(Br)CCBr. The van der Waals surface area contributed by atoms with Crippen LogP contribution in [-0.4, -0.2) is 8.82 Å². The third-order valence-corrected chi connectivity index (χ3v) is 1.57. The molecule has 0 amide bonds. The van der Waals surface area contributed by atoms with Crippen LogP contribution in [0.4, 0.5) is 4.39 Å². The van der Waals surface area contributed by atoms with Crippen LogP contribution in [-0.2, 0) is 0 Å². The third kappa shape index (κ3) is 7.37. The van der Waals surface area contributed by atoms with Crippen LogP contribution >= 0.6 is 47.8 Å². The van der Waals surface area contributed by atoms with E-state index in [0.29, 0.717) is 11.8 Å². The van der Waals surface area contributed by atoms with E-state index in [2.05, 4.69) is 47.8 Å². The molecular formula is C3H4Br3F. The lowest BCUT2D eigenvalue weighted by Crippen LogP contribution is -2.00. The zero-order chi connectivity index (χ0) is 5.91. The summed E-state index contributed by atoms with van der Waals surface area (Å²) in [4.78, 5) is 0. The van der Waals surface area contributed by atoms with Gasteiger partial charge in [0.15, 0.2) is 0 Å². The zero-order valence-corrected chi connectivity index (χ0v) is 8.18. The summed E-state index contributed by atoms with van der Waals surface area (Å²) in [5, 5.41) is 0.653. The fraction of sp³-hybridized carbons (Fsp3) is 1.00. The molecule has 0 bridgehead atoms. The van der Waals surface area contributed by atoms with Crippen molar-refractivity contribution in [1.29, 1.82) is 0 Å². The summed E-state index contributed by atoms with van der Waals surface area (Å²) < 4.78 is 10.8. The highest BCUT2D eigenvalue weighted by atomic mass is 79.9. The smallest absolute Gasteiger partial charge is 0.219 e. The molecule has 44 valence electrons. The molecule has 0 rings (SSSR count). The Morgan fingerprint density at radius 3 is 1.86 bits per heavy atom. The Morgan fingerprint density at radius 2 is 1.86 bits per heavy atom. The van der Waals surface area contributed by atoms with Gasteiger partial charge in [-0.25, -0.2) is 4.39 Å². The quantitative estimate of drug-likeness (QED) is 0.687. The van der Waals surface area contributed by atoms with Crippen molar-refractivity contribution in [2.45, 2.75) is 9.91 Å². The van der Waals surface area contributed by atoms with Crippen LogP contribution in [0.25, 0.3) is 0 Å². The standard InChI is InChI=1S/C3H4Br3F/c4-2-1-3(5,6)7/h1-2H2. The largest absolute Gasteiger partial charge is 0.219 e. The zero-order valence-electron chi connectivity index (χ0n) is 3.43. The molecule has 7 heavy (non-hydrogen) atoms. The summed E-state index contributed by atoms with van der Waals surface area (Å²) in [7, 11) is 0. The maximum atomic E-state index is 12.2. The van der Waals surface area contributed by atoms with Gasteiger partial charge in [0.05, 0.1) is 0 Å². The van der Waals surface area contributed by atoms with Gasteiger partial charge in [-0.3, -0.25) is 0 Å². The van der Waals surface area contributed by atoms with Crippen molar-refractivity contribution in [1.82, 2.24) is 0 Å². The average Bonchev–Trinajstić information content (AvgIpc) is 1.30. The molecular weight excluding hydrogens is 295 g/mol. The van der Waals surface area contributed by atoms with Crippen molar-refractivity contribution < 1.29 is 4.39 Å². The number of rotatable bonds is 2. The van der Waals surface area contributed by atoms with E-state index in [1.54, 1.807) is 0 Å². The fourth-order valence-corrected chi connectivity index (χ4v) is 2.11. The Hall–Kier alpha value is 1.37. The van der Waals surface area contributed by atoms with E-state index in [4.69, 9.17) is 0 Å². The van der Waals surface area contributed by atoms with Gasteiger partial charge < -0.3 is 0 Å². The number of hydrogen-bond donors (Lipinski definition) is 0. The number of alkyl halides is 4. The van der Waals surface area contributed by atoms with Gasteiger partial charge >= 0.3 is 0 Å². The average molecular weight is 299 g/mol. The van der Waals surface area contributed by atoms with Crippen molar-refractivity contribution in [3.8, 4) is 0 Å². The van der Waals surface area contributed by atoms with Crippen molar-refractivity contribution >= 4 is 47.8 Å². The van der Waals surface area contributed by atoms with Gasteiger partial charge in [0.1, 0.15) is 0 Å². The minimum atomic E-state index is -1.37. The Morgan fingerprint density at radius 1 is 1.43 bits per heavy atom. The highest BCUT2D eigenvalue weighted by Gasteiger charge is 2.18. The third-order valence-electron chi connectivity index (χ3n) is 0.378. The molecule has 0 saturated heterocycles. The highest BCUT2D eigenvalue weighted by Crippen LogP contribution is 2.31. The molecule has 0 N–H and O–H groups in total. The predicted octanol–water partition coefficient (Wildman–Crippen LogP) is 3.18. The number of halogens is 4. The van der Waals surface area contributed by atoms with Gasteiger partial charge in [-0.1, -0.05) is 15.9 Å². The molecule has 0 fully saturated rings. The molecule has 0 aromatic heterocycles. The van der Waals surface area contributed by atoms with Gasteiger partial charge in [0.25, 0.3) is 0 Å². The summed E-state index contributed by atoms with van der Waals surface area (Å²) in [6.07, 6.45) is 0.424. The molecule has 0 heterocycles. The van der Waals surface area contributed by atoms with Crippen LogP contribution in [0, 0.1) is 0 Å². The molecule has 4 heteroatoms. The van der Waals surface area contributed by atoms with E-state index >= 15 is 0 Å². The van der Waals surface area contributed by atoms with Crippen LogP contribution in [0.3, 0.4) is 0 Å². The molecule has 0 aromatic carbocycles. The fourth-order valence-electron chi connectivity index (χ4n) is 0.107. The molecule has 0 aliphatic heterocycles. The summed E-state index contributed by atoms with van der Waals surface area (Å²) in [5.74, 6) is 0. The van der Waals surface area contributed by atoms with Crippen molar-refractivity contribution in [2.75, 3.05) is 5.33 Å². The van der Waals surface area contributed by atoms with Crippen molar-refractivity contribution in [2.24, 2.45) is 0 Å². The van der Waals surface area contributed by atoms with E-state index in [-0.39, 0.29) is 0 Å². The minimum Gasteiger partial charge on any atom is -0.219 e. The van der Waals surface area contributed by atoms with E-state index in [1.165, 1.54) is 0 Å². The second-order valence-electron chi connectivity index (χ2n) is 1.05. The first-order valence-corrected chi connectivity index (χ1v) is 4.40. The molecule has 0 aliphatic rings. The summed E-state index contributed by atoms with van der Waals surface area (Å²) in [6.45, 7) is 0. The highest BCUT2D eigenvalue weighted by molar-refractivity contribution is 9.25. The van der Waals surface area contributed by atoms with E-state index in [1.807, 2.05) is 0 Å². The van der Waals surface area contributed by atoms with Gasteiger partial charge in [-0.15, -0.1) is 0 Å². The molecule has 0 aromatic rings. The predicted molar refractivity (Wildman–Crippen MR) is 40.1 cm³/mol. The lowest BCUT2D eigenvalue weighted by Gasteiger charge is -2.04. The first kappa shape index (κ1) is 8.37. The first-order chi connectivity index (χ1) is 3.06. The Balaban J connectivity index is 3.15. The summed E-state index contributed by atoms with van der Waals surface area (Å²) in [5.41, 5.74) is 0. The van der Waals surface area contributed by atoms with Gasteiger partial charge in [0.2, 0.25) is 3.49 Å². The van der Waals surface area contributed by atoms with Crippen molar-refractivity contribution in [3.05, 3.63) is 0 Å². The minimum absolute atomic E-state index is 0.424. The normalized spacial score (nSPS) is 12.0. The molecule has 0 aliphatic carbocycles. The Kier molecular flexibility index (Phi) is 4.07. The van der Waals surface area contributed by atoms with Gasteiger partial charge in [-0.05, 0) is 31.9 Å². The van der Waals surface area contributed by atoms with Crippen LogP contribution < -0.4 is 0 Å².